The molecular weight excluding hydrogens is 252 g/mol. The smallest absolute Gasteiger partial charge is 0.164 e. The van der Waals surface area contributed by atoms with Gasteiger partial charge in [-0.1, -0.05) is 26.0 Å². The zero-order chi connectivity index (χ0) is 14.4. The van der Waals surface area contributed by atoms with Crippen molar-refractivity contribution >= 4 is 0 Å². The van der Waals surface area contributed by atoms with Crippen molar-refractivity contribution in [2.45, 2.75) is 33.5 Å². The maximum atomic E-state index is 5.81. The molecule has 0 aliphatic carbocycles. The summed E-state index contributed by atoms with van der Waals surface area (Å²) in [5.41, 5.74) is 1.20. The van der Waals surface area contributed by atoms with E-state index in [-0.39, 0.29) is 0 Å². The van der Waals surface area contributed by atoms with Crippen LogP contribution in [0.25, 0.3) is 0 Å². The molecule has 0 unspecified atom stereocenters. The Labute approximate surface area is 120 Å². The fourth-order valence-corrected chi connectivity index (χ4v) is 2.00. The normalized spacial score (nSPS) is 11.0. The van der Waals surface area contributed by atoms with Crippen molar-refractivity contribution in [3.05, 3.63) is 42.0 Å². The summed E-state index contributed by atoms with van der Waals surface area (Å²) in [6.45, 7) is 6.45. The molecule has 2 aromatic rings. The first-order chi connectivity index (χ1) is 9.69. The van der Waals surface area contributed by atoms with Crippen LogP contribution in [-0.4, -0.2) is 21.8 Å². The number of hydrogen-bond donors (Lipinski definition) is 1. The lowest BCUT2D eigenvalue weighted by atomic mass is 10.2. The molecule has 5 heteroatoms. The van der Waals surface area contributed by atoms with Gasteiger partial charge in [0.2, 0.25) is 0 Å². The molecule has 0 fully saturated rings. The van der Waals surface area contributed by atoms with Crippen molar-refractivity contribution in [1.29, 1.82) is 0 Å². The van der Waals surface area contributed by atoms with Gasteiger partial charge in [-0.2, -0.15) is 5.10 Å². The molecule has 0 saturated carbocycles. The van der Waals surface area contributed by atoms with E-state index in [9.17, 15) is 0 Å². The Kier molecular flexibility index (Phi) is 5.12. The molecule has 0 saturated heterocycles. The number of nitrogens with zero attached hydrogens (tertiary/aromatic N) is 3. The first-order valence-corrected chi connectivity index (χ1v) is 6.92. The van der Waals surface area contributed by atoms with Gasteiger partial charge in [0.1, 0.15) is 18.7 Å². The Hall–Kier alpha value is -1.88. The first-order valence-electron chi connectivity index (χ1n) is 6.92. The van der Waals surface area contributed by atoms with Crippen LogP contribution in [0.5, 0.6) is 5.75 Å². The lowest BCUT2D eigenvalue weighted by Gasteiger charge is -2.10. The molecule has 0 aliphatic heterocycles. The van der Waals surface area contributed by atoms with Crippen LogP contribution in [0.4, 0.5) is 0 Å². The van der Waals surface area contributed by atoms with Crippen LogP contribution >= 0.6 is 0 Å². The summed E-state index contributed by atoms with van der Waals surface area (Å²) in [6.07, 6.45) is 1.58. The molecule has 1 aromatic heterocycles. The fourth-order valence-electron chi connectivity index (χ4n) is 2.00. The Balaban J connectivity index is 1.98. The number of rotatable bonds is 7. The van der Waals surface area contributed by atoms with E-state index in [4.69, 9.17) is 4.74 Å². The molecule has 0 spiro atoms. The quantitative estimate of drug-likeness (QED) is 0.841. The van der Waals surface area contributed by atoms with Gasteiger partial charge in [0.25, 0.3) is 0 Å². The van der Waals surface area contributed by atoms with Crippen LogP contribution in [0.2, 0.25) is 0 Å². The first kappa shape index (κ1) is 14.5. The fraction of sp³-hybridized carbons (Fsp3) is 0.467. The third-order valence-corrected chi connectivity index (χ3v) is 2.88. The van der Waals surface area contributed by atoms with E-state index >= 15 is 0 Å². The number of nitrogens with one attached hydrogen (secondary N) is 1. The average Bonchev–Trinajstić information content (AvgIpc) is 2.84. The summed E-state index contributed by atoms with van der Waals surface area (Å²) in [4.78, 5) is 4.26. The molecule has 0 aliphatic rings. The number of ether oxygens (including phenoxy) is 1. The van der Waals surface area contributed by atoms with Gasteiger partial charge < -0.3 is 10.1 Å². The predicted octanol–water partition coefficient (Wildman–Crippen LogP) is 2.23. The molecule has 1 N–H and O–H groups in total. The number of aromatic nitrogens is 3. The highest BCUT2D eigenvalue weighted by molar-refractivity contribution is 5.28. The molecule has 1 aromatic carbocycles. The van der Waals surface area contributed by atoms with E-state index in [0.29, 0.717) is 12.5 Å². The standard InChI is InChI=1S/C15H22N4O/c1-12(2)9-19-15(17-11-18-19)10-20-14-6-4-5-13(7-14)8-16-3/h4-7,11-12,16H,8-10H2,1-3H3. The van der Waals surface area contributed by atoms with Crippen molar-refractivity contribution in [1.82, 2.24) is 20.1 Å². The second-order valence-electron chi connectivity index (χ2n) is 5.22. The second kappa shape index (κ2) is 7.05. The number of hydrogen-bond acceptors (Lipinski definition) is 4. The lowest BCUT2D eigenvalue weighted by Crippen LogP contribution is -2.12. The van der Waals surface area contributed by atoms with Crippen LogP contribution in [0.1, 0.15) is 25.2 Å². The molecule has 1 heterocycles. The number of benzene rings is 1. The molecule has 0 atom stereocenters. The van der Waals surface area contributed by atoms with Crippen LogP contribution in [0, 0.1) is 5.92 Å². The molecule has 0 amide bonds. The Bertz CT molecular complexity index is 536. The van der Waals surface area contributed by atoms with Crippen molar-refractivity contribution in [3.63, 3.8) is 0 Å². The highest BCUT2D eigenvalue weighted by Gasteiger charge is 2.07. The van der Waals surface area contributed by atoms with Gasteiger partial charge in [0.15, 0.2) is 5.82 Å². The average molecular weight is 274 g/mol. The van der Waals surface area contributed by atoms with Crippen molar-refractivity contribution in [3.8, 4) is 5.75 Å². The van der Waals surface area contributed by atoms with Gasteiger partial charge in [-0.3, -0.25) is 0 Å². The SMILES string of the molecule is CNCc1cccc(OCc2ncnn2CC(C)C)c1. The Morgan fingerprint density at radius 1 is 1.35 bits per heavy atom. The summed E-state index contributed by atoms with van der Waals surface area (Å²) in [6, 6.07) is 8.08. The van der Waals surface area contributed by atoms with E-state index in [1.54, 1.807) is 6.33 Å². The minimum absolute atomic E-state index is 0.440. The third kappa shape index (κ3) is 4.06. The predicted molar refractivity (Wildman–Crippen MR) is 78.4 cm³/mol. The Morgan fingerprint density at radius 2 is 2.20 bits per heavy atom. The van der Waals surface area contributed by atoms with Crippen LogP contribution in [0.15, 0.2) is 30.6 Å². The van der Waals surface area contributed by atoms with Crippen LogP contribution < -0.4 is 10.1 Å². The highest BCUT2D eigenvalue weighted by atomic mass is 16.5. The van der Waals surface area contributed by atoms with E-state index < -0.39 is 0 Å². The third-order valence-electron chi connectivity index (χ3n) is 2.88. The molecule has 2 rings (SSSR count). The summed E-state index contributed by atoms with van der Waals surface area (Å²) in [5, 5.41) is 7.36. The molecular formula is C15H22N4O. The minimum atomic E-state index is 0.440. The van der Waals surface area contributed by atoms with Gasteiger partial charge >= 0.3 is 0 Å². The van der Waals surface area contributed by atoms with Crippen LogP contribution in [0.3, 0.4) is 0 Å². The van der Waals surface area contributed by atoms with Gasteiger partial charge in [-0.05, 0) is 30.7 Å². The second-order valence-corrected chi connectivity index (χ2v) is 5.22. The monoisotopic (exact) mass is 274 g/mol. The van der Waals surface area contributed by atoms with Gasteiger partial charge in [0.05, 0.1) is 0 Å². The highest BCUT2D eigenvalue weighted by Crippen LogP contribution is 2.14. The molecule has 108 valence electrons. The maximum Gasteiger partial charge on any atom is 0.164 e. The minimum Gasteiger partial charge on any atom is -0.486 e. The Morgan fingerprint density at radius 3 is 2.95 bits per heavy atom. The van der Waals surface area contributed by atoms with E-state index in [2.05, 4.69) is 35.3 Å². The molecule has 5 nitrogen and oxygen atoms in total. The van der Waals surface area contributed by atoms with E-state index in [1.807, 2.05) is 29.9 Å². The van der Waals surface area contributed by atoms with Crippen molar-refractivity contribution in [2.24, 2.45) is 5.92 Å². The molecule has 0 radical (unpaired) electrons. The molecule has 20 heavy (non-hydrogen) atoms. The topological polar surface area (TPSA) is 52.0 Å². The lowest BCUT2D eigenvalue weighted by molar-refractivity contribution is 0.282. The summed E-state index contributed by atoms with van der Waals surface area (Å²) in [5.74, 6) is 2.25. The maximum absolute atomic E-state index is 5.81. The zero-order valence-corrected chi connectivity index (χ0v) is 12.3. The summed E-state index contributed by atoms with van der Waals surface area (Å²) >= 11 is 0. The van der Waals surface area contributed by atoms with Crippen LogP contribution in [-0.2, 0) is 19.7 Å². The molecule has 0 bridgehead atoms. The summed E-state index contributed by atoms with van der Waals surface area (Å²) < 4.78 is 7.71. The van der Waals surface area contributed by atoms with E-state index in [1.165, 1.54) is 5.56 Å². The van der Waals surface area contributed by atoms with E-state index in [0.717, 1.165) is 24.7 Å². The summed E-state index contributed by atoms with van der Waals surface area (Å²) in [7, 11) is 1.93. The van der Waals surface area contributed by atoms with Gasteiger partial charge in [-0.25, -0.2) is 9.67 Å². The largest absolute Gasteiger partial charge is 0.486 e. The zero-order valence-electron chi connectivity index (χ0n) is 12.3. The van der Waals surface area contributed by atoms with Crippen molar-refractivity contribution in [2.75, 3.05) is 7.05 Å². The van der Waals surface area contributed by atoms with Gasteiger partial charge in [0, 0.05) is 13.1 Å². The van der Waals surface area contributed by atoms with Crippen molar-refractivity contribution < 1.29 is 4.74 Å². The van der Waals surface area contributed by atoms with Gasteiger partial charge in [-0.15, -0.1) is 0 Å².